The van der Waals surface area contributed by atoms with Gasteiger partial charge in [-0.15, -0.1) is 0 Å². The van der Waals surface area contributed by atoms with E-state index in [-0.39, 0.29) is 11.4 Å². The minimum absolute atomic E-state index is 0.160. The molecule has 0 aromatic heterocycles. The number of hydrogen-bond acceptors (Lipinski definition) is 4. The Morgan fingerprint density at radius 3 is 2.26 bits per heavy atom. The van der Waals surface area contributed by atoms with E-state index in [4.69, 9.17) is 4.74 Å². The van der Waals surface area contributed by atoms with Crippen LogP contribution in [0.4, 0.5) is 0 Å². The highest BCUT2D eigenvalue weighted by Gasteiger charge is 2.34. The summed E-state index contributed by atoms with van der Waals surface area (Å²) in [6.07, 6.45) is 0. The number of aryl methyl sites for hydroxylation is 1. The highest BCUT2D eigenvalue weighted by atomic mass is 32.2. The van der Waals surface area contributed by atoms with Gasteiger partial charge in [-0.1, -0.05) is 29.8 Å². The molecule has 0 radical (unpaired) electrons. The zero-order valence-electron chi connectivity index (χ0n) is 16.5. The number of carbonyl (C=O) groups is 1. The number of benzene rings is 2. The molecule has 6 heteroatoms. The second kappa shape index (κ2) is 8.23. The van der Waals surface area contributed by atoms with Gasteiger partial charge in [0.05, 0.1) is 17.1 Å². The Bertz CT molecular complexity index is 897. The molecule has 0 saturated carbocycles. The minimum atomic E-state index is -3.70. The van der Waals surface area contributed by atoms with Crippen molar-refractivity contribution in [2.75, 3.05) is 6.61 Å². The van der Waals surface area contributed by atoms with Gasteiger partial charge in [-0.3, -0.25) is 0 Å². The van der Waals surface area contributed by atoms with Crippen molar-refractivity contribution in [1.82, 2.24) is 4.31 Å². The molecule has 2 aromatic carbocycles. The third-order valence-corrected chi connectivity index (χ3v) is 6.25. The van der Waals surface area contributed by atoms with E-state index < -0.39 is 21.5 Å². The summed E-state index contributed by atoms with van der Waals surface area (Å²) in [5.74, 6) is -0.414. The minimum Gasteiger partial charge on any atom is -0.462 e. The fourth-order valence-corrected chi connectivity index (χ4v) is 4.47. The molecule has 0 aliphatic carbocycles. The Hall–Kier alpha value is -2.18. The van der Waals surface area contributed by atoms with Gasteiger partial charge in [0, 0.05) is 12.1 Å². The predicted molar refractivity (Wildman–Crippen MR) is 106 cm³/mol. The standard InChI is InChI=1S/C21H27NO4S/c1-6-26-20(23)18-9-7-8-17(14-18)15-22(21(3,4)5)27(24,25)19-12-10-16(2)11-13-19/h7-14H,6,15H2,1-5H3. The molecule has 0 heterocycles. The lowest BCUT2D eigenvalue weighted by Gasteiger charge is -2.34. The van der Waals surface area contributed by atoms with E-state index in [1.165, 1.54) is 4.31 Å². The molecule has 2 rings (SSSR count). The molecule has 0 unspecified atom stereocenters. The first-order valence-electron chi connectivity index (χ1n) is 8.91. The molecule has 27 heavy (non-hydrogen) atoms. The molecule has 0 fully saturated rings. The first kappa shape index (κ1) is 21.1. The molecule has 0 atom stereocenters. The summed E-state index contributed by atoms with van der Waals surface area (Å²) in [5.41, 5.74) is 1.50. The Kier molecular flexibility index (Phi) is 6.44. The molecular weight excluding hydrogens is 362 g/mol. The molecule has 146 valence electrons. The van der Waals surface area contributed by atoms with Gasteiger partial charge in [0.2, 0.25) is 10.0 Å². The highest BCUT2D eigenvalue weighted by Crippen LogP contribution is 2.27. The van der Waals surface area contributed by atoms with Gasteiger partial charge in [-0.2, -0.15) is 4.31 Å². The van der Waals surface area contributed by atoms with Gasteiger partial charge in [0.25, 0.3) is 0 Å². The first-order valence-corrected chi connectivity index (χ1v) is 10.4. The Balaban J connectivity index is 2.40. The first-order chi connectivity index (χ1) is 12.6. The third kappa shape index (κ3) is 5.17. The SMILES string of the molecule is CCOC(=O)c1cccc(CN(C(C)(C)C)S(=O)(=O)c2ccc(C)cc2)c1. The number of rotatable bonds is 6. The van der Waals surface area contributed by atoms with Crippen molar-refractivity contribution in [2.24, 2.45) is 0 Å². The van der Waals surface area contributed by atoms with Crippen molar-refractivity contribution in [2.45, 2.75) is 51.6 Å². The van der Waals surface area contributed by atoms with Crippen molar-refractivity contribution in [3.8, 4) is 0 Å². The van der Waals surface area contributed by atoms with Crippen LogP contribution in [-0.4, -0.2) is 30.8 Å². The molecule has 0 aliphatic rings. The zero-order chi connectivity index (χ0) is 20.2. The lowest BCUT2D eigenvalue weighted by atomic mass is 10.1. The van der Waals surface area contributed by atoms with Gasteiger partial charge < -0.3 is 4.74 Å². The number of ether oxygens (including phenoxy) is 1. The van der Waals surface area contributed by atoms with Gasteiger partial charge >= 0.3 is 5.97 Å². The summed E-state index contributed by atoms with van der Waals surface area (Å²) in [6, 6.07) is 13.7. The molecule has 0 amide bonds. The molecule has 0 bridgehead atoms. The van der Waals surface area contributed by atoms with Crippen molar-refractivity contribution < 1.29 is 17.9 Å². The van der Waals surface area contributed by atoms with Crippen LogP contribution in [0.5, 0.6) is 0 Å². The summed E-state index contributed by atoms with van der Waals surface area (Å²) >= 11 is 0. The Labute approximate surface area is 162 Å². The zero-order valence-corrected chi connectivity index (χ0v) is 17.3. The average Bonchev–Trinajstić information content (AvgIpc) is 2.59. The van der Waals surface area contributed by atoms with Crippen LogP contribution in [0.3, 0.4) is 0 Å². The maximum atomic E-state index is 13.3. The number of carbonyl (C=O) groups excluding carboxylic acids is 1. The second-order valence-corrected chi connectivity index (χ2v) is 9.28. The molecule has 5 nitrogen and oxygen atoms in total. The number of hydrogen-bond donors (Lipinski definition) is 0. The molecular formula is C21H27NO4S. The summed E-state index contributed by atoms with van der Waals surface area (Å²) in [6.45, 7) is 9.68. The Morgan fingerprint density at radius 2 is 1.70 bits per heavy atom. The maximum absolute atomic E-state index is 13.3. The van der Waals surface area contributed by atoms with E-state index in [1.54, 1.807) is 49.4 Å². The topological polar surface area (TPSA) is 63.7 Å². The van der Waals surface area contributed by atoms with Crippen LogP contribution < -0.4 is 0 Å². The maximum Gasteiger partial charge on any atom is 0.338 e. The van der Waals surface area contributed by atoms with Gasteiger partial charge in [0.1, 0.15) is 0 Å². The fraction of sp³-hybridized carbons (Fsp3) is 0.381. The number of esters is 1. The van der Waals surface area contributed by atoms with Crippen molar-refractivity contribution >= 4 is 16.0 Å². The Morgan fingerprint density at radius 1 is 1.07 bits per heavy atom. The van der Waals surface area contributed by atoms with E-state index in [2.05, 4.69) is 0 Å². The van der Waals surface area contributed by atoms with E-state index in [1.807, 2.05) is 33.8 Å². The van der Waals surface area contributed by atoms with Crippen LogP contribution in [-0.2, 0) is 21.3 Å². The summed E-state index contributed by atoms with van der Waals surface area (Å²) in [5, 5.41) is 0. The number of sulfonamides is 1. The van der Waals surface area contributed by atoms with Crippen LogP contribution in [0, 0.1) is 6.92 Å². The summed E-state index contributed by atoms with van der Waals surface area (Å²) < 4.78 is 33.0. The van der Waals surface area contributed by atoms with E-state index in [0.29, 0.717) is 12.2 Å². The van der Waals surface area contributed by atoms with Crippen LogP contribution >= 0.6 is 0 Å². The van der Waals surface area contributed by atoms with Crippen molar-refractivity contribution in [1.29, 1.82) is 0 Å². The third-order valence-electron chi connectivity index (χ3n) is 4.12. The quantitative estimate of drug-likeness (QED) is 0.696. The average molecular weight is 390 g/mol. The summed E-state index contributed by atoms with van der Waals surface area (Å²) in [4.78, 5) is 12.2. The smallest absolute Gasteiger partial charge is 0.338 e. The van der Waals surface area contributed by atoms with Crippen LogP contribution in [0.2, 0.25) is 0 Å². The van der Waals surface area contributed by atoms with Gasteiger partial charge in [-0.05, 0) is 64.4 Å². The van der Waals surface area contributed by atoms with Gasteiger partial charge in [-0.25, -0.2) is 13.2 Å². The van der Waals surface area contributed by atoms with E-state index >= 15 is 0 Å². The largest absolute Gasteiger partial charge is 0.462 e. The molecule has 0 spiro atoms. The fourth-order valence-electron chi connectivity index (χ4n) is 2.70. The number of nitrogens with zero attached hydrogens (tertiary/aromatic N) is 1. The van der Waals surface area contributed by atoms with Crippen LogP contribution in [0.1, 0.15) is 49.2 Å². The van der Waals surface area contributed by atoms with E-state index in [9.17, 15) is 13.2 Å². The van der Waals surface area contributed by atoms with Crippen molar-refractivity contribution in [3.63, 3.8) is 0 Å². The van der Waals surface area contributed by atoms with E-state index in [0.717, 1.165) is 11.1 Å². The lowest BCUT2D eigenvalue weighted by molar-refractivity contribution is 0.0526. The normalized spacial score (nSPS) is 12.2. The molecule has 0 saturated heterocycles. The molecule has 0 N–H and O–H groups in total. The molecule has 0 aliphatic heterocycles. The predicted octanol–water partition coefficient (Wildman–Crippen LogP) is 4.16. The van der Waals surface area contributed by atoms with Crippen LogP contribution in [0.25, 0.3) is 0 Å². The lowest BCUT2D eigenvalue weighted by Crippen LogP contribution is -2.44. The highest BCUT2D eigenvalue weighted by molar-refractivity contribution is 7.89. The van der Waals surface area contributed by atoms with Gasteiger partial charge in [0.15, 0.2) is 0 Å². The monoisotopic (exact) mass is 389 g/mol. The second-order valence-electron chi connectivity index (χ2n) is 7.42. The van der Waals surface area contributed by atoms with Crippen molar-refractivity contribution in [3.05, 3.63) is 65.2 Å². The van der Waals surface area contributed by atoms with Crippen LogP contribution in [0.15, 0.2) is 53.4 Å². The molecule has 2 aromatic rings. The summed E-state index contributed by atoms with van der Waals surface area (Å²) in [7, 11) is -3.70.